The number of hydrogen-bond donors (Lipinski definition) is 1. The van der Waals surface area contributed by atoms with Crippen molar-refractivity contribution in [3.63, 3.8) is 0 Å². The van der Waals surface area contributed by atoms with Crippen LogP contribution in [0.1, 0.15) is 18.4 Å². The van der Waals surface area contributed by atoms with Gasteiger partial charge in [0.2, 0.25) is 0 Å². The molecule has 2 heterocycles. The fourth-order valence-electron chi connectivity index (χ4n) is 3.64. The van der Waals surface area contributed by atoms with Gasteiger partial charge in [0.15, 0.2) is 0 Å². The van der Waals surface area contributed by atoms with E-state index in [2.05, 4.69) is 10.2 Å². The first-order chi connectivity index (χ1) is 12.1. The number of benzene rings is 1. The molecule has 1 aromatic rings. The lowest BCUT2D eigenvalue weighted by Crippen LogP contribution is -2.59. The number of nitrogens with one attached hydrogen (secondary N) is 1. The Hall–Kier alpha value is -1.21. The average molecular weight is 370 g/mol. The summed E-state index contributed by atoms with van der Waals surface area (Å²) in [5.74, 6) is -0.195. The number of rotatable bonds is 4. The smallest absolute Gasteiger partial charge is 0.254 e. The highest BCUT2D eigenvalue weighted by Crippen LogP contribution is 2.26. The van der Waals surface area contributed by atoms with E-state index in [4.69, 9.17) is 16.3 Å². The molecular weight excluding hydrogens is 345 g/mol. The molecule has 138 valence electrons. The summed E-state index contributed by atoms with van der Waals surface area (Å²) in [5.41, 5.74) is -0.168. The number of nitrogens with zero attached hydrogens (tertiary/aromatic N) is 2. The first kappa shape index (κ1) is 18.6. The minimum Gasteiger partial charge on any atom is -0.368 e. The van der Waals surface area contributed by atoms with Crippen LogP contribution in [0, 0.1) is 5.82 Å². The van der Waals surface area contributed by atoms with Gasteiger partial charge in [-0.2, -0.15) is 0 Å². The van der Waals surface area contributed by atoms with Gasteiger partial charge in [-0.3, -0.25) is 9.69 Å². The minimum absolute atomic E-state index is 0.0834. The van der Waals surface area contributed by atoms with Crippen molar-refractivity contribution in [1.29, 1.82) is 0 Å². The number of halogens is 2. The van der Waals surface area contributed by atoms with Crippen LogP contribution in [-0.2, 0) is 16.1 Å². The first-order valence-corrected chi connectivity index (χ1v) is 9.14. The van der Waals surface area contributed by atoms with Gasteiger partial charge in [0, 0.05) is 50.4 Å². The molecule has 0 aromatic heterocycles. The van der Waals surface area contributed by atoms with Crippen LogP contribution in [0.15, 0.2) is 18.2 Å². The van der Waals surface area contributed by atoms with Gasteiger partial charge in [0.1, 0.15) is 11.4 Å². The average Bonchev–Trinajstić information content (AvgIpc) is 2.65. The number of amides is 1. The zero-order valence-electron chi connectivity index (χ0n) is 14.6. The van der Waals surface area contributed by atoms with E-state index in [0.717, 1.165) is 13.1 Å². The van der Waals surface area contributed by atoms with E-state index in [9.17, 15) is 9.18 Å². The van der Waals surface area contributed by atoms with E-state index < -0.39 is 5.60 Å². The normalized spacial score (nSPS) is 21.3. The molecule has 2 saturated heterocycles. The molecule has 0 unspecified atom stereocenters. The molecule has 25 heavy (non-hydrogen) atoms. The lowest BCUT2D eigenvalue weighted by Gasteiger charge is -2.42. The topological polar surface area (TPSA) is 44.8 Å². The van der Waals surface area contributed by atoms with Crippen molar-refractivity contribution in [2.45, 2.75) is 25.0 Å². The molecule has 3 rings (SSSR count). The van der Waals surface area contributed by atoms with Crippen molar-refractivity contribution in [2.75, 3.05) is 46.4 Å². The third-order valence-electron chi connectivity index (χ3n) is 5.29. The van der Waals surface area contributed by atoms with E-state index in [-0.39, 0.29) is 11.7 Å². The van der Waals surface area contributed by atoms with E-state index in [1.54, 1.807) is 19.2 Å². The Balaban J connectivity index is 1.59. The number of piperazine rings is 1. The zero-order chi connectivity index (χ0) is 17.9. The predicted octanol–water partition coefficient (Wildman–Crippen LogP) is 1.89. The number of methoxy groups -OCH3 is 1. The lowest BCUT2D eigenvalue weighted by atomic mass is 9.90. The lowest BCUT2D eigenvalue weighted by molar-refractivity contribution is -0.160. The van der Waals surface area contributed by atoms with Crippen molar-refractivity contribution < 1.29 is 13.9 Å². The molecule has 1 N–H and O–H groups in total. The van der Waals surface area contributed by atoms with Crippen molar-refractivity contribution in [3.05, 3.63) is 34.6 Å². The fourth-order valence-corrected chi connectivity index (χ4v) is 3.86. The van der Waals surface area contributed by atoms with E-state index >= 15 is 0 Å². The SMILES string of the molecule is COC1(C(=O)N2CCN(Cc3c(F)cccc3Cl)CC2)CCNCC1. The van der Waals surface area contributed by atoms with Crippen molar-refractivity contribution in [3.8, 4) is 0 Å². The molecule has 0 radical (unpaired) electrons. The van der Waals surface area contributed by atoms with Crippen LogP contribution in [0.5, 0.6) is 0 Å². The van der Waals surface area contributed by atoms with E-state index in [0.29, 0.717) is 56.2 Å². The zero-order valence-corrected chi connectivity index (χ0v) is 15.3. The summed E-state index contributed by atoms with van der Waals surface area (Å²) in [6.07, 6.45) is 1.40. The molecule has 0 saturated carbocycles. The van der Waals surface area contributed by atoms with Gasteiger partial charge in [-0.15, -0.1) is 0 Å². The minimum atomic E-state index is -0.692. The van der Waals surface area contributed by atoms with Gasteiger partial charge in [0.25, 0.3) is 5.91 Å². The van der Waals surface area contributed by atoms with Crippen LogP contribution in [0.3, 0.4) is 0 Å². The molecule has 0 atom stereocenters. The quantitative estimate of drug-likeness (QED) is 0.880. The molecule has 5 nitrogen and oxygen atoms in total. The molecule has 1 aromatic carbocycles. The number of ether oxygens (including phenoxy) is 1. The Morgan fingerprint density at radius 3 is 2.56 bits per heavy atom. The Morgan fingerprint density at radius 2 is 1.96 bits per heavy atom. The molecule has 2 aliphatic rings. The molecule has 0 aliphatic carbocycles. The summed E-state index contributed by atoms with van der Waals surface area (Å²) in [4.78, 5) is 17.0. The largest absolute Gasteiger partial charge is 0.368 e. The summed E-state index contributed by atoms with van der Waals surface area (Å²) in [6, 6.07) is 4.75. The standard InChI is InChI=1S/C18H25ClFN3O2/c1-25-18(5-7-21-8-6-18)17(24)23-11-9-22(10-12-23)13-14-15(19)3-2-4-16(14)20/h2-4,21H,5-13H2,1H3. The summed E-state index contributed by atoms with van der Waals surface area (Å²) in [7, 11) is 1.62. The Morgan fingerprint density at radius 1 is 1.28 bits per heavy atom. The Labute approximate surface area is 153 Å². The van der Waals surface area contributed by atoms with Crippen molar-refractivity contribution >= 4 is 17.5 Å². The summed E-state index contributed by atoms with van der Waals surface area (Å²) >= 11 is 6.11. The van der Waals surface area contributed by atoms with E-state index in [1.807, 2.05) is 4.90 Å². The molecule has 0 bridgehead atoms. The second-order valence-electron chi connectivity index (χ2n) is 6.72. The van der Waals surface area contributed by atoms with Crippen LogP contribution in [0.4, 0.5) is 4.39 Å². The first-order valence-electron chi connectivity index (χ1n) is 8.76. The summed E-state index contributed by atoms with van der Waals surface area (Å²) in [6.45, 7) is 4.72. The van der Waals surface area contributed by atoms with E-state index in [1.165, 1.54) is 6.07 Å². The van der Waals surface area contributed by atoms with Crippen LogP contribution in [0.2, 0.25) is 5.02 Å². The van der Waals surface area contributed by atoms with Crippen LogP contribution < -0.4 is 5.32 Å². The molecule has 0 spiro atoms. The molecule has 1 amide bonds. The van der Waals surface area contributed by atoms with Gasteiger partial charge in [-0.05, 0) is 38.1 Å². The monoisotopic (exact) mass is 369 g/mol. The number of carbonyl (C=O) groups excluding carboxylic acids is 1. The van der Waals surface area contributed by atoms with Gasteiger partial charge < -0.3 is 15.0 Å². The van der Waals surface area contributed by atoms with Crippen LogP contribution >= 0.6 is 11.6 Å². The highest BCUT2D eigenvalue weighted by molar-refractivity contribution is 6.31. The third kappa shape index (κ3) is 3.97. The summed E-state index contributed by atoms with van der Waals surface area (Å²) in [5, 5.41) is 3.72. The molecule has 2 aliphatic heterocycles. The van der Waals surface area contributed by atoms with Gasteiger partial charge in [-0.1, -0.05) is 17.7 Å². The van der Waals surface area contributed by atoms with Gasteiger partial charge in [0.05, 0.1) is 0 Å². The van der Waals surface area contributed by atoms with Crippen LogP contribution in [0.25, 0.3) is 0 Å². The third-order valence-corrected chi connectivity index (χ3v) is 5.65. The van der Waals surface area contributed by atoms with Crippen LogP contribution in [-0.4, -0.2) is 67.7 Å². The maximum absolute atomic E-state index is 14.0. The maximum Gasteiger partial charge on any atom is 0.254 e. The predicted molar refractivity (Wildman–Crippen MR) is 95.1 cm³/mol. The van der Waals surface area contributed by atoms with Crippen molar-refractivity contribution in [2.24, 2.45) is 0 Å². The Kier molecular flexibility index (Phi) is 5.94. The summed E-state index contributed by atoms with van der Waals surface area (Å²) < 4.78 is 19.6. The second-order valence-corrected chi connectivity index (χ2v) is 7.12. The number of carbonyl (C=O) groups is 1. The fraction of sp³-hybridized carbons (Fsp3) is 0.611. The maximum atomic E-state index is 14.0. The van der Waals surface area contributed by atoms with Gasteiger partial charge >= 0.3 is 0 Å². The Bertz CT molecular complexity index is 594. The number of hydrogen-bond acceptors (Lipinski definition) is 4. The van der Waals surface area contributed by atoms with Gasteiger partial charge in [-0.25, -0.2) is 4.39 Å². The molecule has 7 heteroatoms. The second kappa shape index (κ2) is 7.99. The highest BCUT2D eigenvalue weighted by Gasteiger charge is 2.42. The molecule has 2 fully saturated rings. The highest BCUT2D eigenvalue weighted by atomic mass is 35.5. The van der Waals surface area contributed by atoms with Crippen molar-refractivity contribution in [1.82, 2.24) is 15.1 Å². The molecular formula is C18H25ClFN3O2. The number of piperidine rings is 1.